The van der Waals surface area contributed by atoms with Crippen molar-refractivity contribution in [3.8, 4) is 11.3 Å². The van der Waals surface area contributed by atoms with Gasteiger partial charge in [0.1, 0.15) is 11.3 Å². The van der Waals surface area contributed by atoms with E-state index in [1.54, 1.807) is 25.1 Å². The van der Waals surface area contributed by atoms with Crippen molar-refractivity contribution in [2.45, 2.75) is 6.92 Å². The van der Waals surface area contributed by atoms with Crippen molar-refractivity contribution in [3.63, 3.8) is 0 Å². The van der Waals surface area contributed by atoms with E-state index in [9.17, 15) is 14.7 Å². The molecule has 0 atom stereocenters. The van der Waals surface area contributed by atoms with Gasteiger partial charge in [-0.25, -0.2) is 4.79 Å². The number of rotatable bonds is 2. The van der Waals surface area contributed by atoms with Gasteiger partial charge in [0.25, 0.3) is 0 Å². The Morgan fingerprint density at radius 3 is 2.61 bits per heavy atom. The minimum absolute atomic E-state index is 0.0154. The van der Waals surface area contributed by atoms with Crippen LogP contribution in [0.15, 0.2) is 45.6 Å². The Balaban J connectivity index is 2.45. The molecule has 0 spiro atoms. The van der Waals surface area contributed by atoms with E-state index in [-0.39, 0.29) is 27.7 Å². The number of fused-ring (bicyclic) bond motifs is 1. The number of halogens is 2. The van der Waals surface area contributed by atoms with Crippen molar-refractivity contribution < 1.29 is 14.3 Å². The van der Waals surface area contributed by atoms with Gasteiger partial charge in [-0.1, -0.05) is 29.3 Å². The van der Waals surface area contributed by atoms with Crippen molar-refractivity contribution in [1.29, 1.82) is 0 Å². The smallest absolute Gasteiger partial charge is 0.339 e. The Hall–Kier alpha value is -2.30. The number of aromatic carboxylic acids is 1. The van der Waals surface area contributed by atoms with Gasteiger partial charge in [0.05, 0.1) is 10.4 Å². The van der Waals surface area contributed by atoms with Crippen molar-refractivity contribution in [1.82, 2.24) is 0 Å². The summed E-state index contributed by atoms with van der Waals surface area (Å²) in [5.74, 6) is -0.963. The van der Waals surface area contributed by atoms with Crippen LogP contribution >= 0.6 is 23.2 Å². The van der Waals surface area contributed by atoms with E-state index in [1.165, 1.54) is 18.2 Å². The largest absolute Gasteiger partial charge is 0.478 e. The SMILES string of the molecule is Cc1c(-c2cc(Cl)ccc2Cl)oc2c(C(=O)O)cccc2c1=O. The molecule has 0 fully saturated rings. The van der Waals surface area contributed by atoms with E-state index in [0.29, 0.717) is 21.2 Å². The fourth-order valence-electron chi connectivity index (χ4n) is 2.41. The second-order valence-corrected chi connectivity index (χ2v) is 5.84. The third kappa shape index (κ3) is 2.60. The monoisotopic (exact) mass is 348 g/mol. The van der Waals surface area contributed by atoms with Gasteiger partial charge in [0.15, 0.2) is 11.0 Å². The molecular formula is C17H10Cl2O4. The van der Waals surface area contributed by atoms with Crippen LogP contribution in [0.5, 0.6) is 0 Å². The zero-order valence-electron chi connectivity index (χ0n) is 11.9. The molecular weight excluding hydrogens is 339 g/mol. The van der Waals surface area contributed by atoms with Gasteiger partial charge in [0.2, 0.25) is 0 Å². The minimum atomic E-state index is -1.18. The van der Waals surface area contributed by atoms with Crippen LogP contribution < -0.4 is 5.43 Å². The molecule has 23 heavy (non-hydrogen) atoms. The van der Waals surface area contributed by atoms with Crippen LogP contribution in [-0.4, -0.2) is 11.1 Å². The minimum Gasteiger partial charge on any atom is -0.478 e. The van der Waals surface area contributed by atoms with Crippen LogP contribution in [0.1, 0.15) is 15.9 Å². The first-order valence-corrected chi connectivity index (χ1v) is 7.41. The van der Waals surface area contributed by atoms with Gasteiger partial charge in [-0.3, -0.25) is 4.79 Å². The van der Waals surface area contributed by atoms with Crippen LogP contribution in [0.3, 0.4) is 0 Å². The van der Waals surface area contributed by atoms with E-state index in [1.807, 2.05) is 0 Å². The van der Waals surface area contributed by atoms with Crippen molar-refractivity contribution in [2.75, 3.05) is 0 Å². The molecule has 0 amide bonds. The number of carbonyl (C=O) groups is 1. The fraction of sp³-hybridized carbons (Fsp3) is 0.0588. The normalized spacial score (nSPS) is 10.9. The third-order valence-corrected chi connectivity index (χ3v) is 4.11. The molecule has 0 saturated carbocycles. The third-order valence-electron chi connectivity index (χ3n) is 3.55. The van der Waals surface area contributed by atoms with Gasteiger partial charge >= 0.3 is 5.97 Å². The highest BCUT2D eigenvalue weighted by Gasteiger charge is 2.19. The van der Waals surface area contributed by atoms with E-state index in [4.69, 9.17) is 27.6 Å². The number of para-hydroxylation sites is 1. The Morgan fingerprint density at radius 2 is 1.91 bits per heavy atom. The summed E-state index contributed by atoms with van der Waals surface area (Å²) in [5.41, 5.74) is 0.404. The van der Waals surface area contributed by atoms with Crippen LogP contribution in [0, 0.1) is 6.92 Å². The molecule has 0 bridgehead atoms. The summed E-state index contributed by atoms with van der Waals surface area (Å²) in [6.45, 7) is 1.60. The molecule has 0 aliphatic rings. The summed E-state index contributed by atoms with van der Waals surface area (Å²) in [6, 6.07) is 9.20. The number of carboxylic acid groups (broad SMARTS) is 1. The van der Waals surface area contributed by atoms with E-state index in [0.717, 1.165) is 0 Å². The maximum Gasteiger partial charge on any atom is 0.339 e. The molecule has 1 aromatic heterocycles. The molecule has 0 radical (unpaired) electrons. The maximum absolute atomic E-state index is 12.6. The second kappa shape index (κ2) is 5.72. The van der Waals surface area contributed by atoms with Gasteiger partial charge in [0, 0.05) is 16.1 Å². The lowest BCUT2D eigenvalue weighted by Gasteiger charge is -2.10. The van der Waals surface area contributed by atoms with Gasteiger partial charge < -0.3 is 9.52 Å². The Labute approximate surface area is 140 Å². The van der Waals surface area contributed by atoms with Crippen LogP contribution in [0.4, 0.5) is 0 Å². The highest BCUT2D eigenvalue weighted by atomic mass is 35.5. The van der Waals surface area contributed by atoms with Crippen molar-refractivity contribution >= 4 is 40.1 Å². The summed E-state index contributed by atoms with van der Waals surface area (Å²) >= 11 is 12.2. The van der Waals surface area contributed by atoms with Gasteiger partial charge in [-0.05, 0) is 37.3 Å². The second-order valence-electron chi connectivity index (χ2n) is 5.00. The molecule has 6 heteroatoms. The predicted octanol–water partition coefficient (Wildman–Crippen LogP) is 4.77. The quantitative estimate of drug-likeness (QED) is 0.723. The fourth-order valence-corrected chi connectivity index (χ4v) is 2.78. The van der Waals surface area contributed by atoms with E-state index >= 15 is 0 Å². The van der Waals surface area contributed by atoms with Gasteiger partial charge in [-0.2, -0.15) is 0 Å². The first-order chi connectivity index (χ1) is 10.9. The standard InChI is InChI=1S/C17H10Cl2O4/c1-8-14(20)10-3-2-4-11(17(21)22)16(10)23-15(8)12-7-9(18)5-6-13(12)19/h2-7H,1H3,(H,21,22). The molecule has 3 rings (SSSR count). The van der Waals surface area contributed by atoms with Crippen LogP contribution in [0.25, 0.3) is 22.3 Å². The first-order valence-electron chi connectivity index (χ1n) is 6.65. The van der Waals surface area contributed by atoms with Crippen LogP contribution in [0.2, 0.25) is 10.0 Å². The molecule has 2 aromatic carbocycles. The number of hydrogen-bond donors (Lipinski definition) is 1. The lowest BCUT2D eigenvalue weighted by molar-refractivity contribution is 0.0698. The Bertz CT molecular complexity index is 1010. The molecule has 4 nitrogen and oxygen atoms in total. The van der Waals surface area contributed by atoms with Crippen molar-refractivity contribution in [2.24, 2.45) is 0 Å². The zero-order valence-corrected chi connectivity index (χ0v) is 13.4. The summed E-state index contributed by atoms with van der Waals surface area (Å²) in [7, 11) is 0. The molecule has 0 aliphatic carbocycles. The highest BCUT2D eigenvalue weighted by molar-refractivity contribution is 6.35. The molecule has 1 N–H and O–H groups in total. The zero-order chi connectivity index (χ0) is 16.7. The molecule has 1 heterocycles. The topological polar surface area (TPSA) is 67.5 Å². The molecule has 3 aromatic rings. The lowest BCUT2D eigenvalue weighted by atomic mass is 10.0. The van der Waals surface area contributed by atoms with E-state index in [2.05, 4.69) is 0 Å². The molecule has 116 valence electrons. The average Bonchev–Trinajstić information content (AvgIpc) is 2.52. The number of hydrogen-bond acceptors (Lipinski definition) is 3. The van der Waals surface area contributed by atoms with Crippen LogP contribution in [-0.2, 0) is 0 Å². The number of carboxylic acids is 1. The summed E-state index contributed by atoms with van der Waals surface area (Å²) < 4.78 is 5.76. The highest BCUT2D eigenvalue weighted by Crippen LogP contribution is 2.34. The van der Waals surface area contributed by atoms with E-state index < -0.39 is 5.97 Å². The molecule has 0 unspecified atom stereocenters. The molecule has 0 saturated heterocycles. The summed E-state index contributed by atoms with van der Waals surface area (Å²) in [5, 5.41) is 10.3. The molecule has 0 aliphatic heterocycles. The maximum atomic E-state index is 12.6. The van der Waals surface area contributed by atoms with Crippen molar-refractivity contribution in [3.05, 3.63) is 67.8 Å². The number of benzene rings is 2. The predicted molar refractivity (Wildman–Crippen MR) is 89.6 cm³/mol. The first kappa shape index (κ1) is 15.6. The average molecular weight is 349 g/mol. The Morgan fingerprint density at radius 1 is 1.17 bits per heavy atom. The summed E-state index contributed by atoms with van der Waals surface area (Å²) in [6.07, 6.45) is 0. The Kier molecular flexibility index (Phi) is 3.88. The summed E-state index contributed by atoms with van der Waals surface area (Å²) in [4.78, 5) is 23.9. The lowest BCUT2D eigenvalue weighted by Crippen LogP contribution is -2.09. The van der Waals surface area contributed by atoms with Gasteiger partial charge in [-0.15, -0.1) is 0 Å².